The molecule has 1 aromatic heterocycles. The van der Waals surface area contributed by atoms with Gasteiger partial charge >= 0.3 is 0 Å². The van der Waals surface area contributed by atoms with E-state index in [2.05, 4.69) is 13.8 Å². The molecule has 0 spiro atoms. The molecule has 82 valence electrons. The number of carbonyl (C=O) groups excluding carboxylic acids is 1. The van der Waals surface area contributed by atoms with E-state index in [-0.39, 0.29) is 11.9 Å². The van der Waals surface area contributed by atoms with E-state index in [1.807, 2.05) is 11.8 Å². The molecule has 1 heterocycles. The zero-order valence-electron chi connectivity index (χ0n) is 9.49. The first-order valence-corrected chi connectivity index (χ1v) is 5.48. The second-order valence-corrected chi connectivity index (χ2v) is 4.43. The van der Waals surface area contributed by atoms with E-state index in [9.17, 15) is 4.79 Å². The second-order valence-electron chi connectivity index (χ2n) is 4.43. The minimum Gasteiger partial charge on any atom is -0.469 e. The fraction of sp³-hybridized carbons (Fsp3) is 0.583. The number of aryl methyl sites for hydroxylation is 1. The van der Waals surface area contributed by atoms with Crippen LogP contribution in [0, 0.1) is 6.92 Å². The van der Waals surface area contributed by atoms with Gasteiger partial charge in [-0.05, 0) is 39.7 Å². The van der Waals surface area contributed by atoms with Crippen LogP contribution in [-0.2, 0) is 0 Å². The van der Waals surface area contributed by atoms with Crippen molar-refractivity contribution in [2.24, 2.45) is 0 Å². The fourth-order valence-electron chi connectivity index (χ4n) is 1.92. The maximum atomic E-state index is 12.2. The highest BCUT2D eigenvalue weighted by Gasteiger charge is 2.35. The molecule has 0 saturated heterocycles. The molecule has 3 nitrogen and oxygen atoms in total. The molecule has 15 heavy (non-hydrogen) atoms. The Hall–Kier alpha value is -1.25. The van der Waals surface area contributed by atoms with Crippen molar-refractivity contribution in [1.29, 1.82) is 0 Å². The van der Waals surface area contributed by atoms with Crippen LogP contribution in [-0.4, -0.2) is 22.9 Å². The molecule has 1 aliphatic rings. The van der Waals surface area contributed by atoms with Crippen LogP contribution in [0.2, 0.25) is 0 Å². The quantitative estimate of drug-likeness (QED) is 0.763. The van der Waals surface area contributed by atoms with Gasteiger partial charge in [-0.15, -0.1) is 0 Å². The fourth-order valence-corrected chi connectivity index (χ4v) is 1.92. The highest BCUT2D eigenvalue weighted by molar-refractivity contribution is 5.95. The highest BCUT2D eigenvalue weighted by Crippen LogP contribution is 2.30. The number of rotatable bonds is 3. The smallest absolute Gasteiger partial charge is 0.257 e. The largest absolute Gasteiger partial charge is 0.469 e. The molecule has 1 amide bonds. The minimum absolute atomic E-state index is 0.110. The van der Waals surface area contributed by atoms with E-state index in [1.165, 1.54) is 0 Å². The molecule has 0 bridgehead atoms. The molecule has 1 saturated carbocycles. The molecule has 1 fully saturated rings. The van der Waals surface area contributed by atoms with Gasteiger partial charge in [-0.25, -0.2) is 0 Å². The third kappa shape index (κ3) is 1.91. The molecule has 0 atom stereocenters. The number of furan rings is 1. The Balaban J connectivity index is 2.21. The first kappa shape index (κ1) is 10.3. The maximum absolute atomic E-state index is 12.2. The Morgan fingerprint density at radius 2 is 2.20 bits per heavy atom. The molecule has 0 radical (unpaired) electrons. The molecular formula is C12H17NO2. The Bertz CT molecular complexity index is 361. The summed E-state index contributed by atoms with van der Waals surface area (Å²) < 4.78 is 5.17. The van der Waals surface area contributed by atoms with Crippen LogP contribution in [0.15, 0.2) is 16.7 Å². The van der Waals surface area contributed by atoms with E-state index >= 15 is 0 Å². The minimum atomic E-state index is 0.110. The number of hydrogen-bond donors (Lipinski definition) is 0. The summed E-state index contributed by atoms with van der Waals surface area (Å²) in [7, 11) is 0. The van der Waals surface area contributed by atoms with Crippen LogP contribution >= 0.6 is 0 Å². The first-order valence-electron chi connectivity index (χ1n) is 5.48. The van der Waals surface area contributed by atoms with Gasteiger partial charge in [0.15, 0.2) is 0 Å². The summed E-state index contributed by atoms with van der Waals surface area (Å²) in [5.41, 5.74) is 0.704. The van der Waals surface area contributed by atoms with Crippen LogP contribution in [0.25, 0.3) is 0 Å². The highest BCUT2D eigenvalue weighted by atomic mass is 16.3. The molecule has 1 aliphatic carbocycles. The van der Waals surface area contributed by atoms with Crippen molar-refractivity contribution in [3.8, 4) is 0 Å². The third-order valence-corrected chi connectivity index (χ3v) is 2.82. The topological polar surface area (TPSA) is 33.5 Å². The number of amides is 1. The molecule has 3 heteroatoms. The van der Waals surface area contributed by atoms with E-state index in [1.54, 1.807) is 12.3 Å². The summed E-state index contributed by atoms with van der Waals surface area (Å²) in [6.45, 7) is 5.95. The van der Waals surface area contributed by atoms with E-state index in [4.69, 9.17) is 4.42 Å². The number of hydrogen-bond acceptors (Lipinski definition) is 2. The summed E-state index contributed by atoms with van der Waals surface area (Å²) in [5, 5.41) is 0. The van der Waals surface area contributed by atoms with Crippen LogP contribution in [0.3, 0.4) is 0 Å². The van der Waals surface area contributed by atoms with Crippen molar-refractivity contribution in [3.05, 3.63) is 23.7 Å². The van der Waals surface area contributed by atoms with Gasteiger partial charge < -0.3 is 9.32 Å². The van der Waals surface area contributed by atoms with E-state index in [0.29, 0.717) is 17.4 Å². The third-order valence-electron chi connectivity index (χ3n) is 2.82. The standard InChI is InChI=1S/C12H17NO2/c1-8(2)13(10-4-5-10)12(14)11-6-7-15-9(11)3/h6-8,10H,4-5H2,1-3H3. The van der Waals surface area contributed by atoms with Crippen LogP contribution < -0.4 is 0 Å². The number of carbonyl (C=O) groups is 1. The maximum Gasteiger partial charge on any atom is 0.257 e. The first-order chi connectivity index (χ1) is 7.11. The Morgan fingerprint density at radius 1 is 1.53 bits per heavy atom. The average Bonchev–Trinajstić information content (AvgIpc) is 2.87. The summed E-state index contributed by atoms with van der Waals surface area (Å²) in [6.07, 6.45) is 3.86. The summed E-state index contributed by atoms with van der Waals surface area (Å²) in [6, 6.07) is 2.47. The molecular weight excluding hydrogens is 190 g/mol. The summed E-state index contributed by atoms with van der Waals surface area (Å²) in [4.78, 5) is 14.2. The van der Waals surface area contributed by atoms with Gasteiger partial charge in [-0.1, -0.05) is 0 Å². The van der Waals surface area contributed by atoms with Gasteiger partial charge in [0.05, 0.1) is 11.8 Å². The van der Waals surface area contributed by atoms with Crippen molar-refractivity contribution in [3.63, 3.8) is 0 Å². The average molecular weight is 207 g/mol. The predicted molar refractivity (Wildman–Crippen MR) is 57.8 cm³/mol. The second kappa shape index (κ2) is 3.72. The molecule has 1 aromatic rings. The van der Waals surface area contributed by atoms with E-state index < -0.39 is 0 Å². The van der Waals surface area contributed by atoms with Crippen LogP contribution in [0.4, 0.5) is 0 Å². The van der Waals surface area contributed by atoms with Gasteiger partial charge in [0, 0.05) is 12.1 Å². The predicted octanol–water partition coefficient (Wildman–Crippen LogP) is 2.60. The molecule has 2 rings (SSSR count). The van der Waals surface area contributed by atoms with Crippen molar-refractivity contribution in [2.75, 3.05) is 0 Å². The molecule has 0 unspecified atom stereocenters. The summed E-state index contributed by atoms with van der Waals surface area (Å²) in [5.74, 6) is 0.824. The lowest BCUT2D eigenvalue weighted by Crippen LogP contribution is -2.38. The normalized spacial score (nSPS) is 15.7. The lowest BCUT2D eigenvalue weighted by atomic mass is 10.2. The van der Waals surface area contributed by atoms with Gasteiger partial charge in [0.25, 0.3) is 5.91 Å². The molecule has 0 aromatic carbocycles. The Labute approximate surface area is 90.1 Å². The van der Waals surface area contributed by atoms with Crippen LogP contribution in [0.1, 0.15) is 42.8 Å². The van der Waals surface area contributed by atoms with Crippen molar-refractivity contribution >= 4 is 5.91 Å². The van der Waals surface area contributed by atoms with Gasteiger partial charge in [-0.2, -0.15) is 0 Å². The van der Waals surface area contributed by atoms with Gasteiger partial charge in [0.1, 0.15) is 5.76 Å². The van der Waals surface area contributed by atoms with Gasteiger partial charge in [-0.3, -0.25) is 4.79 Å². The number of nitrogens with zero attached hydrogens (tertiary/aromatic N) is 1. The zero-order chi connectivity index (χ0) is 11.0. The summed E-state index contributed by atoms with van der Waals surface area (Å²) >= 11 is 0. The van der Waals surface area contributed by atoms with Crippen LogP contribution in [0.5, 0.6) is 0 Å². The lowest BCUT2D eigenvalue weighted by molar-refractivity contribution is 0.0688. The van der Waals surface area contributed by atoms with Crippen molar-refractivity contribution in [1.82, 2.24) is 4.90 Å². The van der Waals surface area contributed by atoms with Gasteiger partial charge in [0.2, 0.25) is 0 Å². The van der Waals surface area contributed by atoms with Crippen molar-refractivity contribution < 1.29 is 9.21 Å². The molecule has 0 N–H and O–H groups in total. The zero-order valence-corrected chi connectivity index (χ0v) is 9.49. The Morgan fingerprint density at radius 3 is 2.60 bits per heavy atom. The monoisotopic (exact) mass is 207 g/mol. The lowest BCUT2D eigenvalue weighted by Gasteiger charge is -2.26. The van der Waals surface area contributed by atoms with E-state index in [0.717, 1.165) is 12.8 Å². The van der Waals surface area contributed by atoms with Crippen molar-refractivity contribution in [2.45, 2.75) is 45.7 Å². The SMILES string of the molecule is Cc1occc1C(=O)N(C(C)C)C1CC1. The molecule has 0 aliphatic heterocycles. The Kier molecular flexibility index (Phi) is 2.55.